The van der Waals surface area contributed by atoms with Crippen LogP contribution in [-0.2, 0) is 17.9 Å². The molecule has 1 fully saturated rings. The molecule has 2 N–H and O–H groups in total. The van der Waals surface area contributed by atoms with E-state index >= 15 is 0 Å². The molecular weight excluding hydrogens is 398 g/mol. The smallest absolute Gasteiger partial charge is 0.240 e. The fourth-order valence-electron chi connectivity index (χ4n) is 3.74. The number of H-pyrrole nitrogens is 1. The number of hydrogen-bond donors (Lipinski definition) is 2. The quantitative estimate of drug-likeness (QED) is 0.569. The number of methoxy groups -OCH3 is 1. The molecule has 0 saturated carbocycles. The van der Waals surface area contributed by atoms with Gasteiger partial charge in [0.25, 0.3) is 0 Å². The van der Waals surface area contributed by atoms with Crippen molar-refractivity contribution < 1.29 is 9.53 Å². The van der Waals surface area contributed by atoms with Crippen molar-refractivity contribution in [3.05, 3.63) is 58.9 Å². The largest absolute Gasteiger partial charge is 0.497 e. The molecule has 0 spiro atoms. The van der Waals surface area contributed by atoms with Gasteiger partial charge in [-0.3, -0.25) is 14.5 Å². The lowest BCUT2D eigenvalue weighted by molar-refractivity contribution is -0.121. The first-order chi connectivity index (χ1) is 14.7. The zero-order valence-corrected chi connectivity index (χ0v) is 17.7. The zero-order chi connectivity index (χ0) is 20.9. The van der Waals surface area contributed by atoms with Crippen LogP contribution in [0.25, 0.3) is 11.4 Å². The van der Waals surface area contributed by atoms with E-state index in [4.69, 9.17) is 17.0 Å². The third-order valence-electron chi connectivity index (χ3n) is 5.32. The van der Waals surface area contributed by atoms with Crippen LogP contribution < -0.4 is 15.0 Å². The first-order valence-corrected chi connectivity index (χ1v) is 10.5. The van der Waals surface area contributed by atoms with Crippen LogP contribution in [0.2, 0.25) is 0 Å². The van der Waals surface area contributed by atoms with E-state index in [0.717, 1.165) is 30.0 Å². The van der Waals surface area contributed by atoms with Crippen molar-refractivity contribution in [2.75, 3.05) is 25.1 Å². The molecule has 1 amide bonds. The molecule has 30 heavy (non-hydrogen) atoms. The SMILES string of the molecule is COc1ccc(-c2n[nH]c(=S)n2CC(=O)NCc2ccccc2N2CCCC2)cc1. The molecule has 1 aliphatic rings. The third-order valence-corrected chi connectivity index (χ3v) is 5.63. The van der Waals surface area contributed by atoms with E-state index < -0.39 is 0 Å². The number of carbonyl (C=O) groups excluding carboxylic acids is 1. The summed E-state index contributed by atoms with van der Waals surface area (Å²) in [5, 5.41) is 10.1. The molecule has 0 unspecified atom stereocenters. The maximum absolute atomic E-state index is 12.7. The maximum atomic E-state index is 12.7. The van der Waals surface area contributed by atoms with E-state index in [9.17, 15) is 4.79 Å². The molecule has 2 aromatic carbocycles. The first kappa shape index (κ1) is 20.2. The first-order valence-electron chi connectivity index (χ1n) is 10.0. The topological polar surface area (TPSA) is 75.2 Å². The van der Waals surface area contributed by atoms with Gasteiger partial charge in [-0.15, -0.1) is 0 Å². The lowest BCUT2D eigenvalue weighted by atomic mass is 10.1. The highest BCUT2D eigenvalue weighted by Crippen LogP contribution is 2.24. The number of para-hydroxylation sites is 1. The molecule has 1 aliphatic heterocycles. The number of anilines is 1. The molecule has 0 atom stereocenters. The highest BCUT2D eigenvalue weighted by Gasteiger charge is 2.16. The Hall–Kier alpha value is -3.13. The van der Waals surface area contributed by atoms with Crippen molar-refractivity contribution in [1.82, 2.24) is 20.1 Å². The second-order valence-electron chi connectivity index (χ2n) is 7.27. The minimum absolute atomic E-state index is 0.0998. The van der Waals surface area contributed by atoms with Crippen LogP contribution in [0.4, 0.5) is 5.69 Å². The molecule has 0 bridgehead atoms. The second kappa shape index (κ2) is 9.13. The van der Waals surface area contributed by atoms with Gasteiger partial charge in [-0.1, -0.05) is 18.2 Å². The molecule has 4 rings (SSSR count). The van der Waals surface area contributed by atoms with Crippen LogP contribution in [0, 0.1) is 4.77 Å². The molecule has 156 valence electrons. The predicted octanol–water partition coefficient (Wildman–Crippen LogP) is 3.53. The molecule has 0 aliphatic carbocycles. The Morgan fingerprint density at radius 3 is 2.63 bits per heavy atom. The van der Waals surface area contributed by atoms with Crippen molar-refractivity contribution in [3.63, 3.8) is 0 Å². The Morgan fingerprint density at radius 2 is 1.90 bits per heavy atom. The number of carbonyl (C=O) groups is 1. The summed E-state index contributed by atoms with van der Waals surface area (Å²) in [6.07, 6.45) is 2.43. The molecule has 3 aromatic rings. The Labute approximate surface area is 180 Å². The monoisotopic (exact) mass is 423 g/mol. The number of amides is 1. The third kappa shape index (κ3) is 4.38. The van der Waals surface area contributed by atoms with Gasteiger partial charge in [0.2, 0.25) is 5.91 Å². The van der Waals surface area contributed by atoms with Crippen LogP contribution >= 0.6 is 12.2 Å². The number of nitrogens with zero attached hydrogens (tertiary/aromatic N) is 3. The summed E-state index contributed by atoms with van der Waals surface area (Å²) < 4.78 is 7.32. The number of hydrogen-bond acceptors (Lipinski definition) is 5. The van der Waals surface area contributed by atoms with Gasteiger partial charge in [-0.05, 0) is 61.0 Å². The highest BCUT2D eigenvalue weighted by molar-refractivity contribution is 7.71. The summed E-state index contributed by atoms with van der Waals surface area (Å²) in [4.78, 5) is 15.1. The number of aromatic nitrogens is 3. The molecule has 7 nitrogen and oxygen atoms in total. The molecule has 1 aromatic heterocycles. The molecular formula is C22H25N5O2S. The van der Waals surface area contributed by atoms with Gasteiger partial charge in [0, 0.05) is 30.9 Å². The van der Waals surface area contributed by atoms with Gasteiger partial charge in [0.1, 0.15) is 12.3 Å². The minimum atomic E-state index is -0.113. The number of nitrogens with one attached hydrogen (secondary N) is 2. The Balaban J connectivity index is 1.45. The average molecular weight is 424 g/mol. The molecule has 8 heteroatoms. The average Bonchev–Trinajstić information content (AvgIpc) is 3.43. The van der Waals surface area contributed by atoms with Crippen LogP contribution in [-0.4, -0.2) is 40.9 Å². The molecule has 1 saturated heterocycles. The van der Waals surface area contributed by atoms with E-state index in [2.05, 4.69) is 32.5 Å². The lowest BCUT2D eigenvalue weighted by Crippen LogP contribution is -2.28. The van der Waals surface area contributed by atoms with Gasteiger partial charge in [0.05, 0.1) is 7.11 Å². The Bertz CT molecular complexity index is 1070. The van der Waals surface area contributed by atoms with E-state index in [0.29, 0.717) is 17.1 Å². The van der Waals surface area contributed by atoms with Gasteiger partial charge in [-0.25, -0.2) is 0 Å². The molecule has 2 heterocycles. The van der Waals surface area contributed by atoms with Crippen molar-refractivity contribution in [1.29, 1.82) is 0 Å². The van der Waals surface area contributed by atoms with Crippen molar-refractivity contribution in [2.24, 2.45) is 0 Å². The van der Waals surface area contributed by atoms with Gasteiger partial charge < -0.3 is 15.0 Å². The van der Waals surface area contributed by atoms with E-state index in [1.807, 2.05) is 36.4 Å². The number of ether oxygens (including phenoxy) is 1. The van der Waals surface area contributed by atoms with Crippen LogP contribution in [0.3, 0.4) is 0 Å². The zero-order valence-electron chi connectivity index (χ0n) is 16.9. The summed E-state index contributed by atoms with van der Waals surface area (Å²) in [6.45, 7) is 2.72. The van der Waals surface area contributed by atoms with Crippen molar-refractivity contribution in [3.8, 4) is 17.1 Å². The minimum Gasteiger partial charge on any atom is -0.497 e. The van der Waals surface area contributed by atoms with E-state index in [-0.39, 0.29) is 12.5 Å². The Morgan fingerprint density at radius 1 is 1.17 bits per heavy atom. The number of aromatic amines is 1. The van der Waals surface area contributed by atoms with Crippen molar-refractivity contribution in [2.45, 2.75) is 25.9 Å². The van der Waals surface area contributed by atoms with Gasteiger partial charge >= 0.3 is 0 Å². The summed E-state index contributed by atoms with van der Waals surface area (Å²) in [6, 6.07) is 15.7. The van der Waals surface area contributed by atoms with Crippen LogP contribution in [0.15, 0.2) is 48.5 Å². The van der Waals surface area contributed by atoms with Crippen molar-refractivity contribution >= 4 is 23.8 Å². The normalized spacial score (nSPS) is 13.4. The summed E-state index contributed by atoms with van der Waals surface area (Å²) >= 11 is 5.34. The molecule has 0 radical (unpaired) electrons. The standard InChI is InChI=1S/C22H25N5O2S/c1-29-18-10-8-16(9-11-18)21-24-25-22(30)27(21)15-20(28)23-14-17-6-2-3-7-19(17)26-12-4-5-13-26/h2-3,6-11H,4-5,12-15H2,1H3,(H,23,28)(H,25,30). The Kier molecular flexibility index (Phi) is 6.13. The summed E-state index contributed by atoms with van der Waals surface area (Å²) in [5.41, 5.74) is 3.18. The predicted molar refractivity (Wildman–Crippen MR) is 119 cm³/mol. The fraction of sp³-hybridized carbons (Fsp3) is 0.318. The number of benzene rings is 2. The lowest BCUT2D eigenvalue weighted by Gasteiger charge is -2.21. The number of rotatable bonds is 7. The summed E-state index contributed by atoms with van der Waals surface area (Å²) in [7, 11) is 1.62. The van der Waals surface area contributed by atoms with Gasteiger partial charge in [0.15, 0.2) is 10.6 Å². The second-order valence-corrected chi connectivity index (χ2v) is 7.65. The van der Waals surface area contributed by atoms with Gasteiger partial charge in [-0.2, -0.15) is 5.10 Å². The van der Waals surface area contributed by atoms with E-state index in [1.165, 1.54) is 18.5 Å². The maximum Gasteiger partial charge on any atom is 0.240 e. The van der Waals surface area contributed by atoms with Crippen LogP contribution in [0.1, 0.15) is 18.4 Å². The van der Waals surface area contributed by atoms with Crippen LogP contribution in [0.5, 0.6) is 5.75 Å². The van der Waals surface area contributed by atoms with E-state index in [1.54, 1.807) is 11.7 Å². The highest BCUT2D eigenvalue weighted by atomic mass is 32.1. The fourth-order valence-corrected chi connectivity index (χ4v) is 3.94. The summed E-state index contributed by atoms with van der Waals surface area (Å²) in [5.74, 6) is 1.27.